The third-order valence-electron chi connectivity index (χ3n) is 4.27. The summed E-state index contributed by atoms with van der Waals surface area (Å²) >= 11 is 12.4. The number of halogens is 2. The van der Waals surface area contributed by atoms with Crippen LogP contribution >= 0.6 is 23.2 Å². The summed E-state index contributed by atoms with van der Waals surface area (Å²) in [6, 6.07) is 16.6. The molecular weight excluding hydrogens is 369 g/mol. The second-order valence-corrected chi connectivity index (χ2v) is 6.55. The molecule has 0 aliphatic heterocycles. The minimum Gasteiger partial charge on any atom is -0.360 e. The molecule has 4 aromatic rings. The largest absolute Gasteiger partial charge is 0.360 e. The number of para-hydroxylation sites is 1. The molecule has 0 bridgehead atoms. The van der Waals surface area contributed by atoms with Crippen molar-refractivity contribution in [3.05, 3.63) is 80.7 Å². The molecule has 0 saturated carbocycles. The molecule has 0 spiro atoms. The first kappa shape index (κ1) is 16.5. The molecule has 0 saturated heterocycles. The summed E-state index contributed by atoms with van der Waals surface area (Å²) in [4.78, 5) is 18.5. The van der Waals surface area contributed by atoms with E-state index in [-0.39, 0.29) is 5.56 Å². The number of benzene rings is 2. The van der Waals surface area contributed by atoms with E-state index in [1.165, 1.54) is 0 Å². The van der Waals surface area contributed by atoms with Crippen molar-refractivity contribution in [2.75, 3.05) is 0 Å². The van der Waals surface area contributed by atoms with E-state index in [0.717, 1.165) is 16.5 Å². The van der Waals surface area contributed by atoms with Crippen molar-refractivity contribution in [3.63, 3.8) is 0 Å². The van der Waals surface area contributed by atoms with Crippen LogP contribution in [0.1, 0.15) is 5.56 Å². The van der Waals surface area contributed by atoms with Gasteiger partial charge in [-0.25, -0.2) is 0 Å². The van der Waals surface area contributed by atoms with Crippen LogP contribution in [-0.4, -0.2) is 9.97 Å². The van der Waals surface area contributed by atoms with Gasteiger partial charge in [-0.1, -0.05) is 53.5 Å². The number of H-pyrrole nitrogens is 2. The van der Waals surface area contributed by atoms with Crippen LogP contribution in [-0.2, 0) is 0 Å². The molecule has 4 rings (SSSR count). The van der Waals surface area contributed by atoms with Gasteiger partial charge in [-0.15, -0.1) is 0 Å². The molecule has 2 aromatic carbocycles. The number of pyridine rings is 1. The molecule has 0 radical (unpaired) electrons. The molecule has 6 heteroatoms. The SMILES string of the molecule is N#Cc1c(-c2cccc(Cl)c2Cl)cc(-c2c[nH]c3ccccc23)[nH]c1=O. The Morgan fingerprint density at radius 3 is 2.58 bits per heavy atom. The van der Waals surface area contributed by atoms with E-state index in [0.29, 0.717) is 26.9 Å². The zero-order chi connectivity index (χ0) is 18.3. The fraction of sp³-hybridized carbons (Fsp3) is 0. The second-order valence-electron chi connectivity index (χ2n) is 5.76. The summed E-state index contributed by atoms with van der Waals surface area (Å²) in [5.41, 5.74) is 2.90. The molecule has 0 atom stereocenters. The third-order valence-corrected chi connectivity index (χ3v) is 5.09. The van der Waals surface area contributed by atoms with Crippen LogP contribution in [0.15, 0.2) is 59.5 Å². The fourth-order valence-electron chi connectivity index (χ4n) is 3.03. The number of aromatic nitrogens is 2. The van der Waals surface area contributed by atoms with Crippen molar-refractivity contribution in [3.8, 4) is 28.5 Å². The number of nitrogens with zero attached hydrogens (tertiary/aromatic N) is 1. The lowest BCUT2D eigenvalue weighted by Crippen LogP contribution is -2.12. The van der Waals surface area contributed by atoms with E-state index in [9.17, 15) is 10.1 Å². The van der Waals surface area contributed by atoms with Gasteiger partial charge in [0.05, 0.1) is 15.7 Å². The van der Waals surface area contributed by atoms with Gasteiger partial charge < -0.3 is 9.97 Å². The van der Waals surface area contributed by atoms with Gasteiger partial charge in [0.1, 0.15) is 11.6 Å². The molecular formula is C20H11Cl2N3O. The summed E-state index contributed by atoms with van der Waals surface area (Å²) in [7, 11) is 0. The zero-order valence-corrected chi connectivity index (χ0v) is 14.8. The van der Waals surface area contributed by atoms with E-state index in [4.69, 9.17) is 23.2 Å². The van der Waals surface area contributed by atoms with E-state index >= 15 is 0 Å². The molecule has 0 aliphatic rings. The first-order valence-corrected chi connectivity index (χ1v) is 8.54. The highest BCUT2D eigenvalue weighted by Gasteiger charge is 2.17. The molecule has 4 nitrogen and oxygen atoms in total. The topological polar surface area (TPSA) is 72.4 Å². The van der Waals surface area contributed by atoms with Gasteiger partial charge in [-0.3, -0.25) is 4.79 Å². The van der Waals surface area contributed by atoms with Gasteiger partial charge in [0, 0.05) is 33.8 Å². The summed E-state index contributed by atoms with van der Waals surface area (Å²) in [5, 5.41) is 11.1. The molecule has 0 aliphatic carbocycles. The number of nitriles is 1. The molecule has 2 aromatic heterocycles. The molecule has 2 N–H and O–H groups in total. The normalized spacial score (nSPS) is 10.8. The first-order chi connectivity index (χ1) is 12.6. The van der Waals surface area contributed by atoms with Gasteiger partial charge in [-0.2, -0.15) is 5.26 Å². The molecule has 26 heavy (non-hydrogen) atoms. The summed E-state index contributed by atoms with van der Waals surface area (Å²) in [5.74, 6) is 0. The lowest BCUT2D eigenvalue weighted by molar-refractivity contribution is 1.22. The summed E-state index contributed by atoms with van der Waals surface area (Å²) in [6.45, 7) is 0. The summed E-state index contributed by atoms with van der Waals surface area (Å²) < 4.78 is 0. The average molecular weight is 380 g/mol. The van der Waals surface area contributed by atoms with Crippen LogP contribution in [0.5, 0.6) is 0 Å². The predicted octanol–water partition coefficient (Wildman–Crippen LogP) is 5.37. The fourth-order valence-corrected chi connectivity index (χ4v) is 3.44. The van der Waals surface area contributed by atoms with E-state index in [1.54, 1.807) is 24.3 Å². The van der Waals surface area contributed by atoms with Gasteiger partial charge in [0.25, 0.3) is 5.56 Å². The molecule has 2 heterocycles. The van der Waals surface area contributed by atoms with Crippen LogP contribution in [0.2, 0.25) is 10.0 Å². The maximum atomic E-state index is 12.5. The molecule has 0 fully saturated rings. The average Bonchev–Trinajstić information content (AvgIpc) is 3.07. The number of nitrogens with one attached hydrogen (secondary N) is 2. The molecule has 126 valence electrons. The highest BCUT2D eigenvalue weighted by atomic mass is 35.5. The number of hydrogen-bond acceptors (Lipinski definition) is 2. The van der Waals surface area contributed by atoms with Crippen LogP contribution in [0.25, 0.3) is 33.3 Å². The lowest BCUT2D eigenvalue weighted by atomic mass is 9.99. The van der Waals surface area contributed by atoms with Crippen molar-refractivity contribution in [2.45, 2.75) is 0 Å². The number of aromatic amines is 2. The van der Waals surface area contributed by atoms with Crippen molar-refractivity contribution in [1.29, 1.82) is 5.26 Å². The smallest absolute Gasteiger partial charge is 0.266 e. The van der Waals surface area contributed by atoms with E-state index in [1.807, 2.05) is 36.5 Å². The number of hydrogen-bond donors (Lipinski definition) is 2. The Hall–Kier alpha value is -3.00. The highest BCUT2D eigenvalue weighted by molar-refractivity contribution is 6.43. The van der Waals surface area contributed by atoms with Gasteiger partial charge in [0.15, 0.2) is 0 Å². The van der Waals surface area contributed by atoms with Gasteiger partial charge in [0.2, 0.25) is 0 Å². The quantitative estimate of drug-likeness (QED) is 0.491. The second kappa shape index (κ2) is 6.38. The van der Waals surface area contributed by atoms with Crippen molar-refractivity contribution in [1.82, 2.24) is 9.97 Å². The van der Waals surface area contributed by atoms with Gasteiger partial charge >= 0.3 is 0 Å². The van der Waals surface area contributed by atoms with Crippen molar-refractivity contribution >= 4 is 34.1 Å². The summed E-state index contributed by atoms with van der Waals surface area (Å²) in [6.07, 6.45) is 1.82. The zero-order valence-electron chi connectivity index (χ0n) is 13.3. The Morgan fingerprint density at radius 1 is 0.962 bits per heavy atom. The minimum atomic E-state index is -0.471. The van der Waals surface area contributed by atoms with Crippen molar-refractivity contribution < 1.29 is 0 Å². The Kier molecular flexibility index (Phi) is 4.04. The third kappa shape index (κ3) is 2.59. The van der Waals surface area contributed by atoms with Crippen molar-refractivity contribution in [2.24, 2.45) is 0 Å². The van der Waals surface area contributed by atoms with E-state index < -0.39 is 5.56 Å². The number of fused-ring (bicyclic) bond motifs is 1. The standard InChI is InChI=1S/C20H11Cl2N3O/c21-16-6-3-5-12(19(16)22)13-8-18(25-20(26)14(13)9-23)15-10-24-17-7-2-1-4-11(15)17/h1-8,10,24H,(H,25,26). The maximum absolute atomic E-state index is 12.5. The van der Waals surface area contributed by atoms with Crippen LogP contribution in [0.4, 0.5) is 0 Å². The van der Waals surface area contributed by atoms with Gasteiger partial charge in [-0.05, 0) is 18.2 Å². The molecule has 0 amide bonds. The van der Waals surface area contributed by atoms with Crippen LogP contribution in [0, 0.1) is 11.3 Å². The predicted molar refractivity (Wildman–Crippen MR) is 105 cm³/mol. The monoisotopic (exact) mass is 379 g/mol. The highest BCUT2D eigenvalue weighted by Crippen LogP contribution is 2.36. The minimum absolute atomic E-state index is 0.00208. The van der Waals surface area contributed by atoms with Crippen LogP contribution < -0.4 is 5.56 Å². The number of rotatable bonds is 2. The molecule has 0 unspecified atom stereocenters. The maximum Gasteiger partial charge on any atom is 0.266 e. The lowest BCUT2D eigenvalue weighted by Gasteiger charge is -2.10. The Morgan fingerprint density at radius 2 is 1.77 bits per heavy atom. The Balaban J connectivity index is 2.03. The van der Waals surface area contributed by atoms with Crippen LogP contribution in [0.3, 0.4) is 0 Å². The first-order valence-electron chi connectivity index (χ1n) is 7.78. The Bertz CT molecular complexity index is 1250. The van der Waals surface area contributed by atoms with E-state index in [2.05, 4.69) is 9.97 Å². The Labute approximate surface area is 158 Å².